The lowest BCUT2D eigenvalue weighted by Crippen LogP contribution is -2.58. The summed E-state index contributed by atoms with van der Waals surface area (Å²) in [7, 11) is 0. The number of hydrogen-bond acceptors (Lipinski definition) is 7. The van der Waals surface area contributed by atoms with Crippen molar-refractivity contribution in [1.29, 1.82) is 0 Å². The number of H-pyrrole nitrogens is 1. The molecule has 222 valence electrons. The van der Waals surface area contributed by atoms with E-state index in [0.717, 1.165) is 10.9 Å². The van der Waals surface area contributed by atoms with E-state index >= 15 is 0 Å². The van der Waals surface area contributed by atoms with Gasteiger partial charge in [-0.15, -0.1) is 0 Å². The Morgan fingerprint density at radius 2 is 1.26 bits per heavy atom. The normalized spacial score (nSPS) is 13.7. The van der Waals surface area contributed by atoms with Gasteiger partial charge in [0.2, 0.25) is 29.5 Å². The standard InChI is InChI=1S/C28H33N7O7/c29-18(12-23(30)36)25(38)33-20(10-15-6-2-1-3-7-15)26(39)34-21(27(40)35-22(28(41)42)13-24(31)37)11-16-14-32-19-9-5-4-8-17(16)19/h1-9,14,18,20-22,32H,10-13,29H2,(H2,30,36)(H2,31,37)(H,33,38)(H,34,39)(H,35,40)(H,41,42). The Hall–Kier alpha value is -5.24. The van der Waals surface area contributed by atoms with E-state index in [4.69, 9.17) is 17.2 Å². The van der Waals surface area contributed by atoms with Crippen molar-refractivity contribution in [2.75, 3.05) is 0 Å². The molecule has 1 aromatic heterocycles. The molecule has 4 unspecified atom stereocenters. The van der Waals surface area contributed by atoms with Crippen LogP contribution in [0.1, 0.15) is 24.0 Å². The molecule has 3 aromatic rings. The average molecular weight is 580 g/mol. The maximum atomic E-state index is 13.6. The summed E-state index contributed by atoms with van der Waals surface area (Å²) in [4.78, 5) is 77.1. The molecule has 0 aliphatic heterocycles. The minimum atomic E-state index is -1.64. The van der Waals surface area contributed by atoms with Crippen LogP contribution in [0.25, 0.3) is 10.9 Å². The predicted octanol–water partition coefficient (Wildman–Crippen LogP) is -1.43. The molecule has 0 aliphatic rings. The summed E-state index contributed by atoms with van der Waals surface area (Å²) in [6, 6.07) is 10.4. The quantitative estimate of drug-likeness (QED) is 0.106. The lowest BCUT2D eigenvalue weighted by Gasteiger charge is -2.25. The van der Waals surface area contributed by atoms with Gasteiger partial charge < -0.3 is 43.2 Å². The number of aromatic nitrogens is 1. The molecule has 0 saturated carbocycles. The number of para-hydroxylation sites is 1. The molecule has 42 heavy (non-hydrogen) atoms. The third-order valence-electron chi connectivity index (χ3n) is 6.43. The first-order valence-corrected chi connectivity index (χ1v) is 13.0. The lowest BCUT2D eigenvalue weighted by atomic mass is 10.0. The fourth-order valence-electron chi connectivity index (χ4n) is 4.32. The Labute approximate surface area is 240 Å². The van der Waals surface area contributed by atoms with Gasteiger partial charge in [-0.05, 0) is 17.2 Å². The maximum absolute atomic E-state index is 13.6. The highest BCUT2D eigenvalue weighted by atomic mass is 16.4. The fourth-order valence-corrected chi connectivity index (χ4v) is 4.32. The molecule has 1 heterocycles. The second-order valence-electron chi connectivity index (χ2n) is 9.72. The summed E-state index contributed by atoms with van der Waals surface area (Å²) in [5.74, 6) is -5.72. The Morgan fingerprint density at radius 3 is 1.88 bits per heavy atom. The number of fused-ring (bicyclic) bond motifs is 1. The molecule has 5 amide bonds. The molecule has 0 radical (unpaired) electrons. The van der Waals surface area contributed by atoms with E-state index in [0.29, 0.717) is 11.1 Å². The van der Waals surface area contributed by atoms with Crippen LogP contribution in [0.3, 0.4) is 0 Å². The highest BCUT2D eigenvalue weighted by Crippen LogP contribution is 2.19. The SMILES string of the molecule is NC(=O)CC(N)C(=O)NC(Cc1ccccc1)C(=O)NC(Cc1c[nH]c2ccccc12)C(=O)NC(CC(N)=O)C(=O)O. The Bertz CT molecular complexity index is 1460. The highest BCUT2D eigenvalue weighted by molar-refractivity contribution is 5.96. The van der Waals surface area contributed by atoms with Crippen molar-refractivity contribution in [1.82, 2.24) is 20.9 Å². The van der Waals surface area contributed by atoms with Crippen molar-refractivity contribution in [3.63, 3.8) is 0 Å². The third-order valence-corrected chi connectivity index (χ3v) is 6.43. The van der Waals surface area contributed by atoms with E-state index in [-0.39, 0.29) is 12.8 Å². The average Bonchev–Trinajstić information content (AvgIpc) is 3.34. The Balaban J connectivity index is 1.90. The molecule has 4 atom stereocenters. The van der Waals surface area contributed by atoms with Crippen LogP contribution in [-0.2, 0) is 41.6 Å². The van der Waals surface area contributed by atoms with Crippen LogP contribution >= 0.6 is 0 Å². The van der Waals surface area contributed by atoms with Crippen molar-refractivity contribution < 1.29 is 33.9 Å². The summed E-state index contributed by atoms with van der Waals surface area (Å²) in [5.41, 5.74) is 18.1. The molecule has 2 aromatic carbocycles. The number of primary amides is 2. The third kappa shape index (κ3) is 8.89. The van der Waals surface area contributed by atoms with Gasteiger partial charge in [0.1, 0.15) is 18.1 Å². The smallest absolute Gasteiger partial charge is 0.326 e. The van der Waals surface area contributed by atoms with Gasteiger partial charge in [0.05, 0.1) is 18.9 Å². The fraction of sp³-hybridized carbons (Fsp3) is 0.286. The number of amides is 5. The van der Waals surface area contributed by atoms with Crippen molar-refractivity contribution >= 4 is 46.4 Å². The second-order valence-corrected chi connectivity index (χ2v) is 9.72. The number of carbonyl (C=O) groups is 6. The summed E-state index contributed by atoms with van der Waals surface area (Å²) in [6.45, 7) is 0. The zero-order valence-corrected chi connectivity index (χ0v) is 22.5. The van der Waals surface area contributed by atoms with E-state index in [9.17, 15) is 33.9 Å². The summed E-state index contributed by atoms with van der Waals surface area (Å²) >= 11 is 0. The van der Waals surface area contributed by atoms with Crippen molar-refractivity contribution in [2.24, 2.45) is 17.2 Å². The minimum absolute atomic E-state index is 0.00254. The van der Waals surface area contributed by atoms with Crippen LogP contribution in [0.5, 0.6) is 0 Å². The zero-order chi connectivity index (χ0) is 30.8. The monoisotopic (exact) mass is 579 g/mol. The van der Waals surface area contributed by atoms with Crippen molar-refractivity contribution in [3.05, 3.63) is 71.9 Å². The van der Waals surface area contributed by atoms with Gasteiger partial charge in [-0.2, -0.15) is 0 Å². The summed E-state index contributed by atoms with van der Waals surface area (Å²) < 4.78 is 0. The molecule has 11 N–H and O–H groups in total. The van der Waals surface area contributed by atoms with Crippen LogP contribution in [-0.4, -0.2) is 69.8 Å². The number of nitrogens with one attached hydrogen (secondary N) is 4. The van der Waals surface area contributed by atoms with Crippen molar-refractivity contribution in [2.45, 2.75) is 49.9 Å². The first-order valence-electron chi connectivity index (χ1n) is 13.0. The van der Waals surface area contributed by atoms with E-state index in [1.807, 2.05) is 18.2 Å². The Morgan fingerprint density at radius 1 is 0.714 bits per heavy atom. The largest absolute Gasteiger partial charge is 0.480 e. The number of benzene rings is 2. The topological polar surface area (TPSA) is 253 Å². The van der Waals surface area contributed by atoms with Gasteiger partial charge in [0, 0.05) is 29.9 Å². The number of carbonyl (C=O) groups excluding carboxylic acids is 5. The number of hydrogen-bond donors (Lipinski definition) is 8. The van der Waals surface area contributed by atoms with E-state index in [2.05, 4.69) is 20.9 Å². The molecule has 14 heteroatoms. The molecule has 0 saturated heterocycles. The number of nitrogens with two attached hydrogens (primary N) is 3. The van der Waals surface area contributed by atoms with E-state index < -0.39 is 72.5 Å². The van der Waals surface area contributed by atoms with Crippen LogP contribution in [0.2, 0.25) is 0 Å². The first kappa shape index (κ1) is 31.3. The van der Waals surface area contributed by atoms with Crippen LogP contribution in [0.15, 0.2) is 60.8 Å². The highest BCUT2D eigenvalue weighted by Gasteiger charge is 2.32. The molecular weight excluding hydrogens is 546 g/mol. The molecule has 14 nitrogen and oxygen atoms in total. The van der Waals surface area contributed by atoms with Crippen LogP contribution < -0.4 is 33.2 Å². The molecule has 0 bridgehead atoms. The molecule has 0 spiro atoms. The van der Waals surface area contributed by atoms with Gasteiger partial charge in [-0.25, -0.2) is 4.79 Å². The van der Waals surface area contributed by atoms with Crippen LogP contribution in [0.4, 0.5) is 0 Å². The lowest BCUT2D eigenvalue weighted by molar-refractivity contribution is -0.143. The van der Waals surface area contributed by atoms with Gasteiger partial charge in [-0.3, -0.25) is 24.0 Å². The minimum Gasteiger partial charge on any atom is -0.480 e. The number of rotatable bonds is 15. The zero-order valence-electron chi connectivity index (χ0n) is 22.5. The van der Waals surface area contributed by atoms with Gasteiger partial charge in [0.25, 0.3) is 0 Å². The number of carboxylic acids is 1. The molecule has 0 fully saturated rings. The van der Waals surface area contributed by atoms with E-state index in [1.165, 1.54) is 0 Å². The van der Waals surface area contributed by atoms with Gasteiger partial charge in [-0.1, -0.05) is 48.5 Å². The maximum Gasteiger partial charge on any atom is 0.326 e. The van der Waals surface area contributed by atoms with E-state index in [1.54, 1.807) is 42.6 Å². The number of carboxylic acid groups (broad SMARTS) is 1. The number of aromatic amines is 1. The molecular formula is C28H33N7O7. The summed E-state index contributed by atoms with van der Waals surface area (Å²) in [6.07, 6.45) is 0.467. The number of aliphatic carboxylic acids is 1. The molecule has 3 rings (SSSR count). The molecule has 0 aliphatic carbocycles. The Kier molecular flexibility index (Phi) is 10.7. The van der Waals surface area contributed by atoms with Gasteiger partial charge in [0.15, 0.2) is 0 Å². The van der Waals surface area contributed by atoms with Gasteiger partial charge >= 0.3 is 5.97 Å². The summed E-state index contributed by atoms with van der Waals surface area (Å²) in [5, 5.41) is 17.6. The first-order chi connectivity index (χ1) is 19.9. The van der Waals surface area contributed by atoms with Crippen molar-refractivity contribution in [3.8, 4) is 0 Å². The predicted molar refractivity (Wildman–Crippen MR) is 151 cm³/mol. The van der Waals surface area contributed by atoms with Crippen LogP contribution in [0, 0.1) is 0 Å². The second kappa shape index (κ2) is 14.4.